The van der Waals surface area contributed by atoms with Gasteiger partial charge in [-0.1, -0.05) is 30.3 Å². The van der Waals surface area contributed by atoms with E-state index in [2.05, 4.69) is 42.2 Å². The van der Waals surface area contributed by atoms with Gasteiger partial charge in [0, 0.05) is 37.5 Å². The number of rotatable bonds is 3. The quantitative estimate of drug-likeness (QED) is 0.572. The van der Waals surface area contributed by atoms with Gasteiger partial charge in [0.25, 0.3) is 0 Å². The molecule has 3 heterocycles. The maximum atomic E-state index is 12.6. The predicted octanol–water partition coefficient (Wildman–Crippen LogP) is 5.20. The van der Waals surface area contributed by atoms with Crippen molar-refractivity contribution in [1.82, 2.24) is 14.9 Å². The van der Waals surface area contributed by atoms with Crippen LogP contribution in [0, 0.1) is 6.92 Å². The molecule has 2 aromatic carbocycles. The largest absolute Gasteiger partial charge is 0.490 e. The molecule has 2 amide bonds. The molecule has 0 atom stereocenters. The highest BCUT2D eigenvalue weighted by molar-refractivity contribution is 5.88. The predicted molar refractivity (Wildman–Crippen MR) is 124 cm³/mol. The van der Waals surface area contributed by atoms with Crippen LogP contribution in [-0.4, -0.2) is 53.3 Å². The maximum absolute atomic E-state index is 12.6. The summed E-state index contributed by atoms with van der Waals surface area (Å²) in [5.41, 5.74) is 4.58. The van der Waals surface area contributed by atoms with Crippen LogP contribution >= 0.6 is 0 Å². The number of aromatic nitrogens is 1. The number of benzene rings is 2. The van der Waals surface area contributed by atoms with E-state index in [4.69, 9.17) is 9.57 Å². The number of carbonyl (C=O) groups excluding carboxylic acids is 1. The second-order valence-corrected chi connectivity index (χ2v) is 8.57. The Labute approximate surface area is 188 Å². The normalized spacial score (nSPS) is 17.5. The van der Waals surface area contributed by atoms with Gasteiger partial charge >= 0.3 is 6.03 Å². The van der Waals surface area contributed by atoms with Crippen molar-refractivity contribution in [2.75, 3.05) is 26.2 Å². The number of amides is 2. The highest BCUT2D eigenvalue weighted by Gasteiger charge is 2.28. The Morgan fingerprint density at radius 2 is 1.84 bits per heavy atom. The van der Waals surface area contributed by atoms with Crippen LogP contribution in [0.4, 0.5) is 4.79 Å². The lowest BCUT2D eigenvalue weighted by Crippen LogP contribution is -2.49. The van der Waals surface area contributed by atoms with Crippen molar-refractivity contribution < 1.29 is 14.4 Å². The number of likely N-dealkylation sites (tertiary alicyclic amines) is 1. The van der Waals surface area contributed by atoms with Crippen LogP contribution in [0.3, 0.4) is 0 Å². The molecule has 3 aromatic rings. The number of ether oxygens (including phenoxy) is 1. The molecule has 6 heteroatoms. The summed E-state index contributed by atoms with van der Waals surface area (Å²) in [6, 6.07) is 16.6. The Balaban J connectivity index is 1.20. The third kappa shape index (κ3) is 4.28. The highest BCUT2D eigenvalue weighted by Crippen LogP contribution is 2.30. The topological polar surface area (TPSA) is 54.9 Å². The summed E-state index contributed by atoms with van der Waals surface area (Å²) < 4.78 is 6.23. The molecule has 0 saturated carbocycles. The summed E-state index contributed by atoms with van der Waals surface area (Å²) in [5, 5.41) is 2.68. The zero-order valence-electron chi connectivity index (χ0n) is 18.5. The van der Waals surface area contributed by atoms with E-state index in [-0.39, 0.29) is 12.1 Å². The average molecular weight is 432 g/mol. The molecule has 2 aliphatic heterocycles. The highest BCUT2D eigenvalue weighted by atomic mass is 16.7. The van der Waals surface area contributed by atoms with Crippen molar-refractivity contribution in [3.8, 4) is 16.9 Å². The number of hydrogen-bond donors (Lipinski definition) is 0. The van der Waals surface area contributed by atoms with Crippen molar-refractivity contribution in [3.63, 3.8) is 0 Å². The van der Waals surface area contributed by atoms with E-state index in [0.717, 1.165) is 47.9 Å². The summed E-state index contributed by atoms with van der Waals surface area (Å²) >= 11 is 0. The van der Waals surface area contributed by atoms with Crippen LogP contribution in [0.15, 0.2) is 54.7 Å². The molecule has 0 bridgehead atoms. The first-order chi connectivity index (χ1) is 15.7. The van der Waals surface area contributed by atoms with E-state index in [1.54, 1.807) is 0 Å². The van der Waals surface area contributed by atoms with E-state index in [0.29, 0.717) is 26.2 Å². The lowest BCUT2D eigenvalue weighted by atomic mass is 9.98. The van der Waals surface area contributed by atoms with Gasteiger partial charge in [0.15, 0.2) is 0 Å². The number of hydroxylamine groups is 2. The number of urea groups is 1. The van der Waals surface area contributed by atoms with Gasteiger partial charge in [-0.3, -0.25) is 9.82 Å². The first kappa shape index (κ1) is 20.8. The zero-order valence-corrected chi connectivity index (χ0v) is 18.5. The first-order valence-corrected chi connectivity index (χ1v) is 11.5. The Bertz CT molecular complexity index is 1090. The standard InChI is InChI=1S/C26H29N3O3/c1-19-24(11-8-21-5-4-14-27-25(19)21)20-6-9-22(10-7-20)32-23-12-16-28(17-13-23)26(30)29-15-2-3-18-31-29/h4-11,14,23H,2-3,12-13,15-18H2,1H3. The Kier molecular flexibility index (Phi) is 5.95. The number of aryl methyl sites for hydroxylation is 1. The minimum atomic E-state index is -0.00672. The summed E-state index contributed by atoms with van der Waals surface area (Å²) in [6.45, 7) is 4.85. The molecular formula is C26H29N3O3. The fourth-order valence-corrected chi connectivity index (χ4v) is 4.58. The molecule has 5 rings (SSSR count). The second-order valence-electron chi connectivity index (χ2n) is 8.57. The minimum Gasteiger partial charge on any atom is -0.490 e. The zero-order chi connectivity index (χ0) is 21.9. The lowest BCUT2D eigenvalue weighted by Gasteiger charge is -2.36. The molecule has 6 nitrogen and oxygen atoms in total. The summed E-state index contributed by atoms with van der Waals surface area (Å²) in [5.74, 6) is 0.870. The summed E-state index contributed by atoms with van der Waals surface area (Å²) in [4.78, 5) is 24.5. The van der Waals surface area contributed by atoms with E-state index >= 15 is 0 Å². The first-order valence-electron chi connectivity index (χ1n) is 11.5. The number of nitrogens with zero attached hydrogens (tertiary/aromatic N) is 3. The number of carbonyl (C=O) groups is 1. The molecule has 2 fully saturated rings. The van der Waals surface area contributed by atoms with Crippen molar-refractivity contribution >= 4 is 16.9 Å². The number of piperidine rings is 1. The van der Waals surface area contributed by atoms with Gasteiger partial charge < -0.3 is 9.64 Å². The summed E-state index contributed by atoms with van der Waals surface area (Å²) in [7, 11) is 0. The van der Waals surface area contributed by atoms with Gasteiger partial charge in [0.1, 0.15) is 11.9 Å². The molecule has 0 radical (unpaired) electrons. The van der Waals surface area contributed by atoms with Crippen LogP contribution in [0.1, 0.15) is 31.2 Å². The maximum Gasteiger partial charge on any atom is 0.343 e. The van der Waals surface area contributed by atoms with Gasteiger partial charge in [0.2, 0.25) is 0 Å². The molecule has 1 aromatic heterocycles. The third-order valence-corrected chi connectivity index (χ3v) is 6.42. The van der Waals surface area contributed by atoms with Crippen LogP contribution in [-0.2, 0) is 4.84 Å². The molecule has 0 aliphatic carbocycles. The SMILES string of the molecule is Cc1c(-c2ccc(OC3CCN(C(=O)N4CCCCO4)CC3)cc2)ccc2cccnc12. The lowest BCUT2D eigenvalue weighted by molar-refractivity contribution is -0.148. The van der Waals surface area contributed by atoms with Gasteiger partial charge in [-0.2, -0.15) is 0 Å². The number of hydrogen-bond acceptors (Lipinski definition) is 4. The molecule has 0 N–H and O–H groups in total. The van der Waals surface area contributed by atoms with E-state index in [1.165, 1.54) is 16.2 Å². The molecule has 32 heavy (non-hydrogen) atoms. The Hall–Kier alpha value is -3.12. The van der Waals surface area contributed by atoms with Crippen molar-refractivity contribution in [1.29, 1.82) is 0 Å². The molecule has 0 spiro atoms. The van der Waals surface area contributed by atoms with Gasteiger partial charge in [-0.05, 0) is 54.7 Å². The third-order valence-electron chi connectivity index (χ3n) is 6.42. The van der Waals surface area contributed by atoms with E-state index in [9.17, 15) is 4.79 Å². The minimum absolute atomic E-state index is 0.00672. The van der Waals surface area contributed by atoms with Crippen LogP contribution < -0.4 is 4.74 Å². The van der Waals surface area contributed by atoms with Crippen molar-refractivity contribution in [3.05, 3.63) is 60.3 Å². The van der Waals surface area contributed by atoms with Crippen LogP contribution in [0.2, 0.25) is 0 Å². The van der Waals surface area contributed by atoms with Crippen LogP contribution in [0.25, 0.3) is 22.0 Å². The molecule has 2 saturated heterocycles. The van der Waals surface area contributed by atoms with Crippen LogP contribution in [0.5, 0.6) is 5.75 Å². The average Bonchev–Trinajstić information content (AvgIpc) is 2.86. The monoisotopic (exact) mass is 431 g/mol. The van der Waals surface area contributed by atoms with Gasteiger partial charge in [-0.25, -0.2) is 9.86 Å². The molecule has 2 aliphatic rings. The molecule has 0 unspecified atom stereocenters. The fourth-order valence-electron chi connectivity index (χ4n) is 4.58. The smallest absolute Gasteiger partial charge is 0.343 e. The number of pyridine rings is 1. The van der Waals surface area contributed by atoms with E-state index in [1.807, 2.05) is 29.3 Å². The fraction of sp³-hybridized carbons (Fsp3) is 0.385. The Morgan fingerprint density at radius 3 is 2.59 bits per heavy atom. The molecular weight excluding hydrogens is 402 g/mol. The van der Waals surface area contributed by atoms with Gasteiger partial charge in [-0.15, -0.1) is 0 Å². The second kappa shape index (κ2) is 9.17. The van der Waals surface area contributed by atoms with E-state index < -0.39 is 0 Å². The molecule has 166 valence electrons. The summed E-state index contributed by atoms with van der Waals surface area (Å²) in [6.07, 6.45) is 5.66. The van der Waals surface area contributed by atoms with Crippen molar-refractivity contribution in [2.24, 2.45) is 0 Å². The Morgan fingerprint density at radius 1 is 1.03 bits per heavy atom. The number of fused-ring (bicyclic) bond motifs is 1. The van der Waals surface area contributed by atoms with Crippen molar-refractivity contribution in [2.45, 2.75) is 38.7 Å². The van der Waals surface area contributed by atoms with Gasteiger partial charge in [0.05, 0.1) is 18.7 Å².